The Labute approximate surface area is 483 Å². The smallest absolute Gasteiger partial charge is 0.485 e. The molecule has 0 N–H and O–H groups in total. The van der Waals surface area contributed by atoms with Gasteiger partial charge in [-0.25, -0.2) is 8.42 Å². The van der Waals surface area contributed by atoms with E-state index >= 15 is 0 Å². The van der Waals surface area contributed by atoms with Crippen LogP contribution >= 0.6 is 23.8 Å². The van der Waals surface area contributed by atoms with Gasteiger partial charge in [-0.2, -0.15) is 92.2 Å². The predicted molar refractivity (Wildman–Crippen MR) is 276 cm³/mol. The molecule has 84 heavy (non-hydrogen) atoms. The number of alkyl halides is 21. The summed E-state index contributed by atoms with van der Waals surface area (Å²) in [5, 5.41) is -1.14. The van der Waals surface area contributed by atoms with Gasteiger partial charge < -0.3 is 4.55 Å². The van der Waals surface area contributed by atoms with E-state index in [0.29, 0.717) is 72.8 Å². The van der Waals surface area contributed by atoms with Crippen LogP contribution in [0.1, 0.15) is 46.7 Å². The SMILES string of the molecule is C1=CC2C=CC1C2.CC(CP(c1cccc(C(F)(F)F)c1)c1cccc(C(F)(F)F)c1)(CP(c1cccc(C(F)(F)F)c1)c1cccc(C(F)(F)F)c1)CP(c1cccc(C(F)(F)F)c1)c1cccc(C(F)(F)F)c1.O=S(=O)([O-])C(F)(F)F.[Rh]. The molecule has 2 bridgehead atoms. The molecule has 0 fully saturated rings. The molecule has 0 heterocycles. The fourth-order valence-corrected chi connectivity index (χ4v) is 17.6. The molecule has 6 aromatic carbocycles. The van der Waals surface area contributed by atoms with Crippen molar-refractivity contribution in [3.8, 4) is 0 Å². The van der Waals surface area contributed by atoms with Gasteiger partial charge in [-0.1, -0.05) is 104 Å². The Bertz CT molecular complexity index is 2900. The van der Waals surface area contributed by atoms with Crippen molar-refractivity contribution in [2.45, 2.75) is 55.9 Å². The van der Waals surface area contributed by atoms with Crippen LogP contribution < -0.4 is 31.8 Å². The summed E-state index contributed by atoms with van der Waals surface area (Å²) in [6, 6.07) is 21.2. The van der Waals surface area contributed by atoms with E-state index in [1.165, 1.54) is 49.7 Å². The van der Waals surface area contributed by atoms with Gasteiger partial charge in [-0.05, 0) is 171 Å². The molecule has 0 saturated carbocycles. The van der Waals surface area contributed by atoms with Crippen molar-refractivity contribution in [2.24, 2.45) is 17.3 Å². The molecular formula is C55H41F21O3P3RhS-. The minimum Gasteiger partial charge on any atom is -0.741 e. The van der Waals surface area contributed by atoms with E-state index in [0.717, 1.165) is 48.2 Å². The van der Waals surface area contributed by atoms with Crippen LogP contribution in [0.25, 0.3) is 0 Å². The van der Waals surface area contributed by atoms with Gasteiger partial charge >= 0.3 is 42.6 Å². The zero-order valence-electron chi connectivity index (χ0n) is 42.4. The molecule has 1 radical (unpaired) electrons. The largest absolute Gasteiger partial charge is 0.741 e. The molecule has 0 unspecified atom stereocenters. The maximum Gasteiger partial charge on any atom is 0.485 e. The Kier molecular flexibility index (Phi) is 22.2. The van der Waals surface area contributed by atoms with Crippen molar-refractivity contribution in [1.82, 2.24) is 0 Å². The number of benzene rings is 6. The Morgan fingerprint density at radius 1 is 0.369 bits per heavy atom. The first-order valence-electron chi connectivity index (χ1n) is 23.8. The molecule has 29 heteroatoms. The first kappa shape index (κ1) is 69.9. The van der Waals surface area contributed by atoms with Gasteiger partial charge in [0, 0.05) is 19.5 Å². The molecule has 457 valence electrons. The van der Waals surface area contributed by atoms with Gasteiger partial charge in [0.25, 0.3) is 0 Å². The molecule has 0 amide bonds. The van der Waals surface area contributed by atoms with Crippen molar-refractivity contribution < 1.29 is 125 Å². The number of halogens is 21. The van der Waals surface area contributed by atoms with Crippen LogP contribution in [0.15, 0.2) is 170 Å². The topological polar surface area (TPSA) is 57.2 Å². The van der Waals surface area contributed by atoms with Gasteiger partial charge in [0.15, 0.2) is 10.1 Å². The van der Waals surface area contributed by atoms with Crippen molar-refractivity contribution in [3.05, 3.63) is 203 Å². The fourth-order valence-electron chi connectivity index (χ4n) is 8.72. The number of fused-ring (bicyclic) bond motifs is 2. The van der Waals surface area contributed by atoms with Crippen LogP contribution in [0, 0.1) is 17.3 Å². The van der Waals surface area contributed by atoms with Gasteiger partial charge in [-0.3, -0.25) is 0 Å². The van der Waals surface area contributed by atoms with Crippen LogP contribution in [0.2, 0.25) is 0 Å². The van der Waals surface area contributed by atoms with E-state index < -0.39 is 134 Å². The molecule has 8 rings (SSSR count). The van der Waals surface area contributed by atoms with Crippen molar-refractivity contribution in [2.75, 3.05) is 18.5 Å². The fraction of sp³-hybridized carbons (Fsp3) is 0.273. The Morgan fingerprint density at radius 2 is 0.536 bits per heavy atom. The molecule has 0 saturated heterocycles. The molecule has 2 aliphatic carbocycles. The Morgan fingerprint density at radius 3 is 0.655 bits per heavy atom. The molecule has 0 spiro atoms. The molecule has 0 atom stereocenters. The second-order valence-corrected chi connectivity index (χ2v) is 27.1. The van der Waals surface area contributed by atoms with E-state index in [9.17, 15) is 92.2 Å². The van der Waals surface area contributed by atoms with Crippen LogP contribution in [-0.4, -0.2) is 37.0 Å². The number of rotatable bonds is 12. The number of hydrogen-bond donors (Lipinski definition) is 0. The minimum atomic E-state index is -6.09. The minimum absolute atomic E-state index is 0. The summed E-state index contributed by atoms with van der Waals surface area (Å²) >= 11 is 0. The van der Waals surface area contributed by atoms with Crippen molar-refractivity contribution in [1.29, 1.82) is 0 Å². The summed E-state index contributed by atoms with van der Waals surface area (Å²) in [6.45, 7) is 1.39. The molecule has 0 aliphatic heterocycles. The monoisotopic (exact) mass is 1380 g/mol. The van der Waals surface area contributed by atoms with Crippen molar-refractivity contribution in [3.63, 3.8) is 0 Å². The zero-order chi connectivity index (χ0) is 61.9. The second-order valence-electron chi connectivity index (χ2n) is 19.1. The van der Waals surface area contributed by atoms with Gasteiger partial charge in [-0.15, -0.1) is 0 Å². The van der Waals surface area contributed by atoms with Crippen LogP contribution in [0.3, 0.4) is 0 Å². The Balaban J connectivity index is 0.000000698. The summed E-state index contributed by atoms with van der Waals surface area (Å²) in [5.74, 6) is 1.62. The predicted octanol–water partition coefficient (Wildman–Crippen LogP) is 16.3. The molecule has 2 aliphatic rings. The van der Waals surface area contributed by atoms with E-state index in [4.69, 9.17) is 13.0 Å². The summed E-state index contributed by atoms with van der Waals surface area (Å²) < 4.78 is 316. The van der Waals surface area contributed by atoms with E-state index in [2.05, 4.69) is 24.3 Å². The number of hydrogen-bond acceptors (Lipinski definition) is 3. The quantitative estimate of drug-likeness (QED) is 0.0306. The summed E-state index contributed by atoms with van der Waals surface area (Å²) in [4.78, 5) is 0. The zero-order valence-corrected chi connectivity index (χ0v) is 47.5. The van der Waals surface area contributed by atoms with Gasteiger partial charge in [0.05, 0.1) is 33.4 Å². The van der Waals surface area contributed by atoms with Crippen LogP contribution in [0.4, 0.5) is 92.2 Å². The first-order chi connectivity index (χ1) is 38.0. The number of allylic oxidation sites excluding steroid dienone is 4. The third kappa shape index (κ3) is 19.1. The van der Waals surface area contributed by atoms with Crippen molar-refractivity contribution >= 4 is 65.7 Å². The average molecular weight is 1380 g/mol. The third-order valence-electron chi connectivity index (χ3n) is 12.6. The standard InChI is InChI=1S/C47H33F18P3.C7H8.CHF3O3S.Rh/c1-41(26-66(35-14-2-8-29(20-35)42(48,49)50)36-15-3-9-30(21-36)43(51,52)53,27-67(37-16-4-10-31(22-37)44(54,55)56)38-17-5-11-32(23-38)45(57,58)59)28-68(39-18-6-12-33(24-39)46(60,61)62)40-19-7-13-34(25-40)47(63,64)65;1-2-7-4-3-6(1)5-7;2-1(3,4)8(5,6)7;/h2-25H,26-28H2,1H3;1-4,6-7H,5H2;(H,5,6,7);/p-1. The average Bonchev–Trinajstić information content (AvgIpc) is 2.00. The Hall–Kier alpha value is -4.85. The van der Waals surface area contributed by atoms with E-state index in [1.54, 1.807) is 0 Å². The van der Waals surface area contributed by atoms with Gasteiger partial charge in [0.2, 0.25) is 0 Å². The van der Waals surface area contributed by atoms with E-state index in [1.807, 2.05) is 0 Å². The normalized spacial score (nSPS) is 15.9. The second kappa shape index (κ2) is 26.6. The molecule has 0 aromatic heterocycles. The summed E-state index contributed by atoms with van der Waals surface area (Å²) in [6.07, 6.45) is -21.1. The summed E-state index contributed by atoms with van der Waals surface area (Å²) in [7, 11) is -13.6. The maximum atomic E-state index is 14.3. The molecule has 3 nitrogen and oxygen atoms in total. The first-order valence-corrected chi connectivity index (χ1v) is 29.8. The molecular weight excluding hydrogens is 1340 g/mol. The maximum absolute atomic E-state index is 14.3. The third-order valence-corrected chi connectivity index (χ3v) is 21.8. The van der Waals surface area contributed by atoms with E-state index in [-0.39, 0.29) is 51.3 Å². The summed E-state index contributed by atoms with van der Waals surface area (Å²) in [5.41, 5.74) is -14.8. The van der Waals surface area contributed by atoms with Gasteiger partial charge in [0.1, 0.15) is 0 Å². The molecule has 6 aromatic rings. The van der Waals surface area contributed by atoms with Crippen LogP contribution in [-0.2, 0) is 66.7 Å². The van der Waals surface area contributed by atoms with Crippen LogP contribution in [0.5, 0.6) is 0 Å².